The van der Waals surface area contributed by atoms with Crippen molar-refractivity contribution in [3.8, 4) is 44.5 Å². The molecule has 678 valence electrons. The van der Waals surface area contributed by atoms with Crippen molar-refractivity contribution in [3.63, 3.8) is 0 Å². The molecule has 0 bridgehead atoms. The van der Waals surface area contributed by atoms with E-state index in [0.717, 1.165) is 124 Å². The van der Waals surface area contributed by atoms with Gasteiger partial charge in [-0.2, -0.15) is 0 Å². The minimum Gasteiger partial charge on any atom is -0.0804 e. The number of fused-ring (bicyclic) bond motifs is 27. The average Bonchev–Trinajstić information content (AvgIpc) is 1.51. The van der Waals surface area contributed by atoms with Gasteiger partial charge in [0.2, 0.25) is 0 Å². The van der Waals surface area contributed by atoms with E-state index in [4.69, 9.17) is 0 Å². The second-order valence-electron chi connectivity index (χ2n) is 48.0. The van der Waals surface area contributed by atoms with Crippen LogP contribution in [0.2, 0.25) is 0 Å². The Morgan fingerprint density at radius 2 is 0.799 bits per heavy atom. The Morgan fingerprint density at radius 1 is 0.284 bits per heavy atom. The standard InChI is InChI=1S/C134H142/c1-3-22-83(23-4-1)85-50-58-93(59-51-85)130(94-60-54-89(55-61-94)97-68-73-116-119(78-97)105-26-7-8-33-114(105)131(116)95-62-52-86(53-63-95)84-24-5-2-6-25-84)115-77-76-102(103-34-21-35-104(103)115)92-56-64-96(65-57-92)132-117-74-69-98(87-42-46-90(47-43-87)100-66-71-112-110-31-13-19-40-126(110)133(128(112)81-100)122-36-15-9-27-106(122)107-28-10-16-37-123(107)133)79-120(117)121-80-99(70-75-118(121)132)88-44-48-91(49-45-88)101-67-72-113-111-32-14-20-41-127(111)134(129(113)82-101)124-38-17-11-29-108(124)109-30-12-18-39-125(109)134/h1-11,13-17,19-20,22-33,36-38,40-43,46-47,52-53,62-63,66,69,71,74,79,81,85,88-89,91-94,96-97,99,101-104,113,115-121,125,129-132H,12,18,21,34-35,39,44-45,48-51,54-61,64-65,67-68,70,72-73,75-78,80,82H2. The molecular formula is C134H142. The topological polar surface area (TPSA) is 0 Å². The third kappa shape index (κ3) is 13.1. The monoisotopic (exact) mass is 1750 g/mol. The fraction of sp³-hybridized carbons (Fsp3) is 0.463. The van der Waals surface area contributed by atoms with Crippen molar-refractivity contribution in [2.45, 2.75) is 246 Å². The Labute approximate surface area is 802 Å². The summed E-state index contributed by atoms with van der Waals surface area (Å²) in [6.07, 6.45) is 59.7. The molecule has 0 aromatic heterocycles. The van der Waals surface area contributed by atoms with E-state index in [0.29, 0.717) is 35.5 Å². The van der Waals surface area contributed by atoms with Gasteiger partial charge in [0.05, 0.1) is 5.41 Å². The summed E-state index contributed by atoms with van der Waals surface area (Å²) in [5.74, 6) is 22.4. The van der Waals surface area contributed by atoms with Crippen LogP contribution in [0, 0.1) is 136 Å². The van der Waals surface area contributed by atoms with Gasteiger partial charge in [-0.15, -0.1) is 0 Å². The SMILES string of the molecule is C1=CC2C(C=C1c1ccc(-c3ccc4c(c3)C3(c5ccccc5-c5ccccc53)c3ccccc3-4)cc1)C1CC(C3CCC(C4CCC5c6ccccc6C6(c7ccccc7C7=CCCCC76)C5C4)CC3)CCC1C2C1CCC(C2CCC(C(C3CCC(c4ccccc4)CC3)C3CCC(C4CCC5C(C4)c4ccccc4C5c4ccc(-c5ccccc5)cc4)CC3)C3CCCC23)CC1. The van der Waals surface area contributed by atoms with Crippen molar-refractivity contribution >= 4 is 11.1 Å². The Bertz CT molecular complexity index is 6230. The zero-order valence-corrected chi connectivity index (χ0v) is 79.7. The van der Waals surface area contributed by atoms with Crippen molar-refractivity contribution in [2.75, 3.05) is 0 Å². The van der Waals surface area contributed by atoms with Crippen LogP contribution >= 0.6 is 0 Å². The maximum Gasteiger partial charge on any atom is 0.0725 e. The second kappa shape index (κ2) is 33.8. The van der Waals surface area contributed by atoms with Gasteiger partial charge < -0.3 is 0 Å². The van der Waals surface area contributed by atoms with E-state index in [-0.39, 0.29) is 10.8 Å². The lowest BCUT2D eigenvalue weighted by molar-refractivity contribution is -0.0285. The third-order valence-corrected chi connectivity index (χ3v) is 43.5. The summed E-state index contributed by atoms with van der Waals surface area (Å²) in [6, 6.07) is 108. The smallest absolute Gasteiger partial charge is 0.0725 e. The highest BCUT2D eigenvalue weighted by Gasteiger charge is 2.64. The van der Waals surface area contributed by atoms with Gasteiger partial charge in [0.1, 0.15) is 0 Å². The molecule has 20 unspecified atom stereocenters. The molecule has 0 aliphatic heterocycles. The van der Waals surface area contributed by atoms with Crippen molar-refractivity contribution < 1.29 is 0 Å². The minimum atomic E-state index is -0.341. The zero-order valence-electron chi connectivity index (χ0n) is 79.7. The number of benzene rings is 11. The van der Waals surface area contributed by atoms with E-state index in [2.05, 4.69) is 297 Å². The van der Waals surface area contributed by atoms with Gasteiger partial charge in [0, 0.05) is 11.3 Å². The lowest BCUT2D eigenvalue weighted by atomic mass is 9.53. The second-order valence-corrected chi connectivity index (χ2v) is 48.0. The molecule has 17 aliphatic rings. The molecule has 134 heavy (non-hydrogen) atoms. The normalized spacial score (nSPS) is 35.9. The first-order chi connectivity index (χ1) is 66.4. The number of rotatable bonds is 13. The fourth-order valence-corrected chi connectivity index (χ4v) is 38.4. The van der Waals surface area contributed by atoms with Crippen molar-refractivity contribution in [1.29, 1.82) is 0 Å². The molecule has 0 heteroatoms. The summed E-state index contributed by atoms with van der Waals surface area (Å²) >= 11 is 0. The lowest BCUT2D eigenvalue weighted by Gasteiger charge is -2.52. The van der Waals surface area contributed by atoms with E-state index >= 15 is 0 Å². The number of allylic oxidation sites excluding steroid dienone is 6. The number of hydrogen-bond donors (Lipinski definition) is 0. The van der Waals surface area contributed by atoms with Gasteiger partial charge in [-0.05, 0) is 493 Å². The lowest BCUT2D eigenvalue weighted by Crippen LogP contribution is -2.44. The largest absolute Gasteiger partial charge is 0.0804 e. The molecule has 0 amide bonds. The van der Waals surface area contributed by atoms with Crippen LogP contribution in [-0.2, 0) is 10.8 Å². The molecule has 2 spiro atoms. The Morgan fingerprint density at radius 3 is 1.51 bits per heavy atom. The first kappa shape index (κ1) is 82.9. The van der Waals surface area contributed by atoms with Crippen LogP contribution in [0.15, 0.2) is 297 Å². The summed E-state index contributed by atoms with van der Waals surface area (Å²) in [5, 5.41) is 0. The van der Waals surface area contributed by atoms with Gasteiger partial charge in [0.25, 0.3) is 0 Å². The molecule has 0 N–H and O–H groups in total. The molecule has 0 nitrogen and oxygen atoms in total. The molecule has 10 saturated carbocycles. The molecule has 11 aromatic rings. The summed E-state index contributed by atoms with van der Waals surface area (Å²) in [7, 11) is 0. The van der Waals surface area contributed by atoms with E-state index in [1.807, 2.05) is 0 Å². The highest BCUT2D eigenvalue weighted by molar-refractivity contribution is 5.96. The van der Waals surface area contributed by atoms with E-state index in [1.54, 1.807) is 75.8 Å². The Kier molecular flexibility index (Phi) is 20.9. The van der Waals surface area contributed by atoms with Gasteiger partial charge in [-0.1, -0.05) is 298 Å². The molecule has 20 atom stereocenters. The Hall–Kier alpha value is -9.36. The molecule has 11 aromatic carbocycles. The van der Waals surface area contributed by atoms with Crippen LogP contribution in [0.25, 0.3) is 55.7 Å². The average molecular weight is 1750 g/mol. The predicted molar refractivity (Wildman–Crippen MR) is 554 cm³/mol. The van der Waals surface area contributed by atoms with E-state index in [9.17, 15) is 0 Å². The van der Waals surface area contributed by atoms with Crippen molar-refractivity contribution in [1.82, 2.24) is 0 Å². The molecule has 28 rings (SSSR count). The Balaban J connectivity index is 0.430. The fourth-order valence-electron chi connectivity index (χ4n) is 38.4. The summed E-state index contributed by atoms with van der Waals surface area (Å²) in [5.41, 5.74) is 34.3. The zero-order chi connectivity index (χ0) is 87.9. The number of hydrogen-bond acceptors (Lipinski definition) is 0. The van der Waals surface area contributed by atoms with Gasteiger partial charge >= 0.3 is 0 Å². The summed E-state index contributed by atoms with van der Waals surface area (Å²) < 4.78 is 0. The van der Waals surface area contributed by atoms with Gasteiger partial charge in [-0.25, -0.2) is 0 Å². The molecular weight excluding hydrogens is 1610 g/mol. The first-order valence-electron chi connectivity index (χ1n) is 55.6. The van der Waals surface area contributed by atoms with Crippen LogP contribution in [0.5, 0.6) is 0 Å². The molecule has 0 radical (unpaired) electrons. The van der Waals surface area contributed by atoms with Crippen LogP contribution in [-0.4, -0.2) is 0 Å². The van der Waals surface area contributed by atoms with Crippen LogP contribution in [0.4, 0.5) is 0 Å². The van der Waals surface area contributed by atoms with E-state index in [1.165, 1.54) is 264 Å². The maximum atomic E-state index is 2.95. The highest BCUT2D eigenvalue weighted by atomic mass is 14.7. The van der Waals surface area contributed by atoms with Gasteiger partial charge in [0.15, 0.2) is 0 Å². The van der Waals surface area contributed by atoms with Gasteiger partial charge in [-0.3, -0.25) is 0 Å². The van der Waals surface area contributed by atoms with Crippen LogP contribution in [0.3, 0.4) is 0 Å². The predicted octanol–water partition coefficient (Wildman–Crippen LogP) is 34.7. The summed E-state index contributed by atoms with van der Waals surface area (Å²) in [4.78, 5) is 0. The maximum absolute atomic E-state index is 2.95. The first-order valence-corrected chi connectivity index (χ1v) is 55.6. The van der Waals surface area contributed by atoms with Crippen LogP contribution < -0.4 is 0 Å². The minimum absolute atomic E-state index is 0.154. The highest BCUT2D eigenvalue weighted by Crippen LogP contribution is 2.73. The molecule has 0 heterocycles. The summed E-state index contributed by atoms with van der Waals surface area (Å²) in [6.45, 7) is 0. The van der Waals surface area contributed by atoms with Crippen molar-refractivity contribution in [3.05, 3.63) is 370 Å². The molecule has 10 fully saturated rings. The third-order valence-electron chi connectivity index (χ3n) is 43.5. The van der Waals surface area contributed by atoms with E-state index < -0.39 is 0 Å². The van der Waals surface area contributed by atoms with Crippen LogP contribution in [0.1, 0.15) is 308 Å². The van der Waals surface area contributed by atoms with Crippen molar-refractivity contribution in [2.24, 2.45) is 136 Å². The molecule has 0 saturated heterocycles. The molecule has 17 aliphatic carbocycles. The quantitative estimate of drug-likeness (QED) is 0.108.